The van der Waals surface area contributed by atoms with Gasteiger partial charge in [0.25, 0.3) is 0 Å². The first-order chi connectivity index (χ1) is 13.3. The lowest BCUT2D eigenvalue weighted by Gasteiger charge is -2.33. The van der Waals surface area contributed by atoms with E-state index in [0.29, 0.717) is 0 Å². The van der Waals surface area contributed by atoms with Crippen LogP contribution in [0, 0.1) is 0 Å². The Morgan fingerprint density at radius 1 is 1.17 bits per heavy atom. The summed E-state index contributed by atoms with van der Waals surface area (Å²) < 4.78 is 82.9. The third-order valence-electron chi connectivity index (χ3n) is 5.15. The Morgan fingerprint density at radius 3 is 2.28 bits per heavy atom. The van der Waals surface area contributed by atoms with Gasteiger partial charge in [-0.15, -0.1) is 0 Å². The van der Waals surface area contributed by atoms with Gasteiger partial charge >= 0.3 is 24.2 Å². The summed E-state index contributed by atoms with van der Waals surface area (Å²) in [5, 5.41) is 10.7. The van der Waals surface area contributed by atoms with Crippen molar-refractivity contribution in [1.82, 2.24) is 4.90 Å². The molecule has 1 saturated heterocycles. The minimum Gasteiger partial charge on any atom is -0.497 e. The molecular formula is C17H14F6N2O4. The van der Waals surface area contributed by atoms with Crippen molar-refractivity contribution in [2.75, 3.05) is 18.6 Å². The Kier molecular flexibility index (Phi) is 4.61. The fraction of sp³-hybridized carbons (Fsp3) is 0.412. The Morgan fingerprint density at radius 2 is 1.76 bits per heavy atom. The maximum atomic E-state index is 13.1. The van der Waals surface area contributed by atoms with Gasteiger partial charge in [-0.2, -0.15) is 26.3 Å². The number of fused-ring (bicyclic) bond motifs is 2. The highest BCUT2D eigenvalue weighted by molar-refractivity contribution is 6.01. The molecular weight excluding hydrogens is 410 g/mol. The number of carbonyl (C=O) groups excluding carboxylic acids is 2. The second-order valence-corrected chi connectivity index (χ2v) is 6.55. The summed E-state index contributed by atoms with van der Waals surface area (Å²) in [6, 6.07) is 3.52. The molecule has 29 heavy (non-hydrogen) atoms. The van der Waals surface area contributed by atoms with Gasteiger partial charge in [-0.1, -0.05) is 6.58 Å². The van der Waals surface area contributed by atoms with Crippen LogP contribution in [0.3, 0.4) is 0 Å². The summed E-state index contributed by atoms with van der Waals surface area (Å²) in [6.45, 7) is 2.89. The van der Waals surface area contributed by atoms with Gasteiger partial charge in [0.2, 0.25) is 0 Å². The molecule has 2 atom stereocenters. The van der Waals surface area contributed by atoms with E-state index in [1.807, 2.05) is 0 Å². The number of amides is 2. The zero-order chi connectivity index (χ0) is 21.9. The molecule has 12 heteroatoms. The number of alkyl halides is 6. The summed E-state index contributed by atoms with van der Waals surface area (Å²) in [7, 11) is 1.25. The largest absolute Gasteiger partial charge is 0.497 e. The molecule has 2 amide bonds. The number of halogens is 6. The van der Waals surface area contributed by atoms with Gasteiger partial charge in [-0.25, -0.2) is 0 Å². The van der Waals surface area contributed by atoms with Crippen LogP contribution in [0.4, 0.5) is 32.0 Å². The summed E-state index contributed by atoms with van der Waals surface area (Å²) >= 11 is 0. The van der Waals surface area contributed by atoms with Crippen molar-refractivity contribution in [3.8, 4) is 5.75 Å². The van der Waals surface area contributed by atoms with E-state index < -0.39 is 48.1 Å². The highest BCUT2D eigenvalue weighted by atomic mass is 19.4. The smallest absolute Gasteiger partial charge is 0.471 e. The number of likely N-dealkylation sites (tertiary alicyclic amines) is 1. The molecule has 1 N–H and O–H groups in total. The summed E-state index contributed by atoms with van der Waals surface area (Å²) in [5.74, 6) is -4.54. The minimum atomic E-state index is -5.36. The zero-order valence-electron chi connectivity index (χ0n) is 14.8. The Balaban J connectivity index is 2.17. The maximum Gasteiger partial charge on any atom is 0.471 e. The van der Waals surface area contributed by atoms with Crippen molar-refractivity contribution in [2.45, 2.75) is 30.4 Å². The average molecular weight is 424 g/mol. The molecule has 158 valence electrons. The van der Waals surface area contributed by atoms with Crippen LogP contribution in [0.1, 0.15) is 12.0 Å². The second-order valence-electron chi connectivity index (χ2n) is 6.55. The van der Waals surface area contributed by atoms with Crippen molar-refractivity contribution in [2.24, 2.45) is 0 Å². The van der Waals surface area contributed by atoms with Gasteiger partial charge in [0.1, 0.15) is 12.0 Å². The van der Waals surface area contributed by atoms with Crippen molar-refractivity contribution in [3.05, 3.63) is 36.0 Å². The van der Waals surface area contributed by atoms with E-state index in [1.165, 1.54) is 19.2 Å². The standard InChI is InChI=1S/C17H14F6N2O4/c1-8-15(5-6-24(8)13(27)16(18,19)20)10-7-9(29-2)3-4-11(10)25(12(15)26)14(28)17(21,22)23/h3-4,7,12,26H,1,5-6H2,2H3/t12-,15+/m0/s1. The first-order valence-electron chi connectivity index (χ1n) is 8.12. The highest BCUT2D eigenvalue weighted by Crippen LogP contribution is 2.56. The van der Waals surface area contributed by atoms with Crippen LogP contribution in [0.15, 0.2) is 30.5 Å². The number of rotatable bonds is 1. The van der Waals surface area contributed by atoms with Crippen molar-refractivity contribution in [3.63, 3.8) is 0 Å². The van der Waals surface area contributed by atoms with Gasteiger partial charge < -0.3 is 14.7 Å². The molecule has 1 fully saturated rings. The first-order valence-corrected chi connectivity index (χ1v) is 8.12. The molecule has 0 unspecified atom stereocenters. The number of aliphatic hydroxyl groups excluding tert-OH is 1. The molecule has 2 aliphatic heterocycles. The van der Waals surface area contributed by atoms with Crippen LogP contribution >= 0.6 is 0 Å². The van der Waals surface area contributed by atoms with Crippen LogP contribution in [0.5, 0.6) is 5.75 Å². The van der Waals surface area contributed by atoms with Crippen LogP contribution in [0.2, 0.25) is 0 Å². The number of anilines is 1. The Hall–Kier alpha value is -2.76. The molecule has 2 heterocycles. The van der Waals surface area contributed by atoms with Gasteiger partial charge in [-0.05, 0) is 30.2 Å². The SMILES string of the molecule is C=C1N(C(=O)C(F)(F)F)CC[C@]12c1cc(OC)ccc1N(C(=O)C(F)(F)F)[C@H]2O. The van der Waals surface area contributed by atoms with Gasteiger partial charge in [0.15, 0.2) is 0 Å². The molecule has 0 bridgehead atoms. The van der Waals surface area contributed by atoms with Crippen molar-refractivity contribution < 1.29 is 45.8 Å². The van der Waals surface area contributed by atoms with Crippen LogP contribution in [-0.4, -0.2) is 54.1 Å². The third-order valence-corrected chi connectivity index (χ3v) is 5.15. The number of aliphatic hydroxyl groups is 1. The van der Waals surface area contributed by atoms with Crippen molar-refractivity contribution >= 4 is 17.5 Å². The quantitative estimate of drug-likeness (QED) is 0.704. The molecule has 1 spiro atoms. The van der Waals surface area contributed by atoms with Gasteiger partial charge in [0.05, 0.1) is 18.2 Å². The molecule has 0 aliphatic carbocycles. The number of carbonyl (C=O) groups is 2. The maximum absolute atomic E-state index is 13.1. The van der Waals surface area contributed by atoms with Gasteiger partial charge in [0, 0.05) is 12.2 Å². The topological polar surface area (TPSA) is 70.1 Å². The van der Waals surface area contributed by atoms with E-state index in [1.54, 1.807) is 0 Å². The Labute approximate surface area is 159 Å². The zero-order valence-corrected chi connectivity index (χ0v) is 14.8. The number of hydrogen-bond donors (Lipinski definition) is 1. The summed E-state index contributed by atoms with van der Waals surface area (Å²) in [4.78, 5) is 24.0. The molecule has 1 aromatic carbocycles. The lowest BCUT2D eigenvalue weighted by molar-refractivity contribution is -0.182. The van der Waals surface area contributed by atoms with E-state index in [4.69, 9.17) is 4.74 Å². The molecule has 3 rings (SSSR count). The molecule has 0 aromatic heterocycles. The predicted octanol–water partition coefficient (Wildman–Crippen LogP) is 2.47. The summed E-state index contributed by atoms with van der Waals surface area (Å²) in [5.41, 5.74) is -2.95. The number of hydrogen-bond acceptors (Lipinski definition) is 4. The highest BCUT2D eigenvalue weighted by Gasteiger charge is 2.63. The third kappa shape index (κ3) is 2.93. The monoisotopic (exact) mass is 424 g/mol. The van der Waals surface area contributed by atoms with E-state index in [0.717, 1.165) is 6.07 Å². The minimum absolute atomic E-state index is 0.0571. The van der Waals surface area contributed by atoms with E-state index in [2.05, 4.69) is 6.58 Å². The normalized spacial score (nSPS) is 24.3. The van der Waals surface area contributed by atoms with Crippen molar-refractivity contribution in [1.29, 1.82) is 0 Å². The van der Waals surface area contributed by atoms with E-state index in [-0.39, 0.29) is 33.2 Å². The number of benzene rings is 1. The average Bonchev–Trinajstić information content (AvgIpc) is 3.09. The Bertz CT molecular complexity index is 897. The second kappa shape index (κ2) is 6.37. The van der Waals surface area contributed by atoms with Crippen LogP contribution < -0.4 is 9.64 Å². The van der Waals surface area contributed by atoms with Crippen LogP contribution in [-0.2, 0) is 15.0 Å². The van der Waals surface area contributed by atoms with Crippen LogP contribution in [0.25, 0.3) is 0 Å². The lowest BCUT2D eigenvalue weighted by atomic mass is 9.77. The number of nitrogens with zero attached hydrogens (tertiary/aromatic N) is 2. The molecule has 1 aromatic rings. The first kappa shape index (κ1) is 21.0. The predicted molar refractivity (Wildman–Crippen MR) is 85.7 cm³/mol. The van der Waals surface area contributed by atoms with E-state index >= 15 is 0 Å². The fourth-order valence-corrected chi connectivity index (χ4v) is 3.81. The molecule has 0 saturated carbocycles. The lowest BCUT2D eigenvalue weighted by Crippen LogP contribution is -2.52. The fourth-order valence-electron chi connectivity index (χ4n) is 3.81. The molecule has 2 aliphatic rings. The number of methoxy groups -OCH3 is 1. The summed E-state index contributed by atoms with van der Waals surface area (Å²) in [6.07, 6.45) is -13.2. The molecule has 6 nitrogen and oxygen atoms in total. The number of ether oxygens (including phenoxy) is 1. The van der Waals surface area contributed by atoms with Gasteiger partial charge in [-0.3, -0.25) is 14.5 Å². The van der Waals surface area contributed by atoms with E-state index in [9.17, 15) is 41.0 Å². The molecule has 0 radical (unpaired) electrons.